The number of anilines is 1. The number of carbonyl (C=O) groups excluding carboxylic acids is 1. The van der Waals surface area contributed by atoms with Crippen molar-refractivity contribution in [1.29, 1.82) is 0 Å². The Kier molecular flexibility index (Phi) is 7.27. The van der Waals surface area contributed by atoms with Crippen molar-refractivity contribution in [2.45, 2.75) is 12.5 Å². The summed E-state index contributed by atoms with van der Waals surface area (Å²) in [7, 11) is -3.63. The van der Waals surface area contributed by atoms with Gasteiger partial charge in [0.2, 0.25) is 15.9 Å². The van der Waals surface area contributed by atoms with Crippen LogP contribution in [0.15, 0.2) is 72.8 Å². The zero-order chi connectivity index (χ0) is 22.4. The first kappa shape index (κ1) is 22.7. The van der Waals surface area contributed by atoms with E-state index in [1.165, 1.54) is 30.3 Å². The molecule has 1 atom stereocenters. The first-order valence-corrected chi connectivity index (χ1v) is 11.5. The van der Waals surface area contributed by atoms with Gasteiger partial charge in [-0.05, 0) is 48.0 Å². The average Bonchev–Trinajstić information content (AvgIpc) is 2.70. The van der Waals surface area contributed by atoms with Crippen LogP contribution in [0.5, 0.6) is 11.5 Å². The highest BCUT2D eigenvalue weighted by molar-refractivity contribution is 7.88. The summed E-state index contributed by atoms with van der Waals surface area (Å²) in [5, 5.41) is 3.10. The van der Waals surface area contributed by atoms with Gasteiger partial charge in [0.05, 0.1) is 18.0 Å². The summed E-state index contributed by atoms with van der Waals surface area (Å²) in [6.07, 6.45) is 0.764. The Morgan fingerprint density at radius 2 is 1.74 bits per heavy atom. The lowest BCUT2D eigenvalue weighted by Gasteiger charge is -2.19. The SMILES string of the molecule is CS(=O)(=O)N[C@@H](CC(=O)Nc1cc(Cl)ccc1Oc1ccccc1)c1ccc(F)cc1. The van der Waals surface area contributed by atoms with Gasteiger partial charge in [-0.1, -0.05) is 41.9 Å². The fourth-order valence-corrected chi connectivity index (χ4v) is 3.78. The standard InChI is InChI=1S/C22H20ClFN2O4S/c1-31(28,29)26-19(15-7-10-17(24)11-8-15)14-22(27)25-20-13-16(23)9-12-21(20)30-18-5-3-2-4-6-18/h2-13,19,26H,14H2,1H3,(H,25,27)/t19-/m0/s1. The van der Waals surface area contributed by atoms with Gasteiger partial charge in [0.1, 0.15) is 11.6 Å². The Morgan fingerprint density at radius 3 is 2.39 bits per heavy atom. The second-order valence-corrected chi connectivity index (χ2v) is 9.02. The molecule has 0 saturated carbocycles. The molecule has 6 nitrogen and oxygen atoms in total. The van der Waals surface area contributed by atoms with E-state index in [9.17, 15) is 17.6 Å². The second-order valence-electron chi connectivity index (χ2n) is 6.80. The second kappa shape index (κ2) is 9.91. The Bertz CT molecular complexity index is 1160. The number of sulfonamides is 1. The summed E-state index contributed by atoms with van der Waals surface area (Å²) in [5.41, 5.74) is 0.785. The number of hydrogen-bond acceptors (Lipinski definition) is 4. The largest absolute Gasteiger partial charge is 0.455 e. The molecule has 0 unspecified atom stereocenters. The van der Waals surface area contributed by atoms with Crippen LogP contribution in [0.1, 0.15) is 18.0 Å². The highest BCUT2D eigenvalue weighted by Crippen LogP contribution is 2.32. The molecule has 3 aromatic carbocycles. The molecule has 1 amide bonds. The summed E-state index contributed by atoms with van der Waals surface area (Å²) in [6.45, 7) is 0. The summed E-state index contributed by atoms with van der Waals surface area (Å²) in [6, 6.07) is 18.2. The van der Waals surface area contributed by atoms with Crippen LogP contribution in [0.25, 0.3) is 0 Å². The predicted octanol–water partition coefficient (Wildman–Crippen LogP) is 4.89. The molecule has 0 spiro atoms. The summed E-state index contributed by atoms with van der Waals surface area (Å²) in [4.78, 5) is 12.7. The number of benzene rings is 3. The number of ether oxygens (including phenoxy) is 1. The number of amides is 1. The van der Waals surface area contributed by atoms with E-state index in [0.717, 1.165) is 6.26 Å². The Morgan fingerprint density at radius 1 is 1.06 bits per heavy atom. The number of rotatable bonds is 8. The molecule has 31 heavy (non-hydrogen) atoms. The molecule has 0 aliphatic rings. The quantitative estimate of drug-likeness (QED) is 0.499. The highest BCUT2D eigenvalue weighted by Gasteiger charge is 2.21. The molecule has 0 aliphatic heterocycles. The topological polar surface area (TPSA) is 84.5 Å². The van der Waals surface area contributed by atoms with Crippen molar-refractivity contribution in [3.63, 3.8) is 0 Å². The van der Waals surface area contributed by atoms with Gasteiger partial charge in [-0.25, -0.2) is 17.5 Å². The predicted molar refractivity (Wildman–Crippen MR) is 118 cm³/mol. The third kappa shape index (κ3) is 7.06. The molecule has 0 radical (unpaired) electrons. The van der Waals surface area contributed by atoms with E-state index in [1.54, 1.807) is 24.3 Å². The fourth-order valence-electron chi connectivity index (χ4n) is 2.87. The molecular formula is C22H20ClFN2O4S. The number of halogens is 2. The molecule has 3 aromatic rings. The van der Waals surface area contributed by atoms with Crippen LogP contribution in [0.3, 0.4) is 0 Å². The van der Waals surface area contributed by atoms with E-state index >= 15 is 0 Å². The minimum Gasteiger partial charge on any atom is -0.455 e. The molecule has 0 saturated heterocycles. The summed E-state index contributed by atoms with van der Waals surface area (Å²) in [5.74, 6) is 0.000183. The molecule has 9 heteroatoms. The summed E-state index contributed by atoms with van der Waals surface area (Å²) >= 11 is 6.07. The first-order valence-electron chi connectivity index (χ1n) is 9.25. The van der Waals surface area contributed by atoms with Crippen molar-refractivity contribution in [2.75, 3.05) is 11.6 Å². The van der Waals surface area contributed by atoms with Gasteiger partial charge in [-0.3, -0.25) is 4.79 Å². The van der Waals surface area contributed by atoms with Gasteiger partial charge in [0.15, 0.2) is 5.75 Å². The molecule has 0 fully saturated rings. The minimum absolute atomic E-state index is 0.226. The van der Waals surface area contributed by atoms with E-state index in [4.69, 9.17) is 16.3 Å². The van der Waals surface area contributed by atoms with Gasteiger partial charge >= 0.3 is 0 Å². The van der Waals surface area contributed by atoms with Crippen LogP contribution in [0.4, 0.5) is 10.1 Å². The van der Waals surface area contributed by atoms with Crippen LogP contribution in [-0.2, 0) is 14.8 Å². The third-order valence-electron chi connectivity index (χ3n) is 4.20. The van der Waals surface area contributed by atoms with Crippen molar-refractivity contribution in [3.8, 4) is 11.5 Å². The highest BCUT2D eigenvalue weighted by atomic mass is 35.5. The van der Waals surface area contributed by atoms with Gasteiger partial charge in [0, 0.05) is 11.4 Å². The van der Waals surface area contributed by atoms with Crippen molar-refractivity contribution in [2.24, 2.45) is 0 Å². The van der Waals surface area contributed by atoms with Gasteiger partial charge in [0.25, 0.3) is 0 Å². The lowest BCUT2D eigenvalue weighted by atomic mass is 10.0. The fraction of sp³-hybridized carbons (Fsp3) is 0.136. The van der Waals surface area contributed by atoms with E-state index in [-0.39, 0.29) is 6.42 Å². The lowest BCUT2D eigenvalue weighted by molar-refractivity contribution is -0.116. The van der Waals surface area contributed by atoms with E-state index in [2.05, 4.69) is 10.0 Å². The van der Waals surface area contributed by atoms with E-state index < -0.39 is 27.8 Å². The molecular weight excluding hydrogens is 443 g/mol. The monoisotopic (exact) mass is 462 g/mol. The van der Waals surface area contributed by atoms with Gasteiger partial charge in [-0.15, -0.1) is 0 Å². The van der Waals surface area contributed by atoms with Crippen LogP contribution in [0.2, 0.25) is 5.02 Å². The third-order valence-corrected chi connectivity index (χ3v) is 5.15. The summed E-state index contributed by atoms with van der Waals surface area (Å²) < 4.78 is 45.0. The van der Waals surface area contributed by atoms with Crippen molar-refractivity contribution >= 4 is 33.2 Å². The average molecular weight is 463 g/mol. The number of hydrogen-bond donors (Lipinski definition) is 2. The van der Waals surface area contributed by atoms with Crippen LogP contribution < -0.4 is 14.8 Å². The molecule has 0 aromatic heterocycles. The Balaban J connectivity index is 1.80. The number of nitrogens with one attached hydrogen (secondary N) is 2. The molecule has 0 bridgehead atoms. The molecule has 0 heterocycles. The van der Waals surface area contributed by atoms with Crippen molar-refractivity contribution < 1.29 is 22.3 Å². The molecule has 3 rings (SSSR count). The first-order chi connectivity index (χ1) is 14.7. The zero-order valence-corrected chi connectivity index (χ0v) is 18.1. The smallest absolute Gasteiger partial charge is 0.226 e. The van der Waals surface area contributed by atoms with E-state index in [0.29, 0.717) is 27.8 Å². The molecule has 162 valence electrons. The van der Waals surface area contributed by atoms with Gasteiger partial charge < -0.3 is 10.1 Å². The Hall–Kier alpha value is -2.94. The van der Waals surface area contributed by atoms with Crippen molar-refractivity contribution in [3.05, 3.63) is 89.2 Å². The number of para-hydroxylation sites is 1. The van der Waals surface area contributed by atoms with E-state index in [1.807, 2.05) is 18.2 Å². The maximum absolute atomic E-state index is 13.3. The Labute approximate surface area is 185 Å². The normalized spacial score (nSPS) is 12.2. The lowest BCUT2D eigenvalue weighted by Crippen LogP contribution is -2.30. The maximum Gasteiger partial charge on any atom is 0.226 e. The number of carbonyl (C=O) groups is 1. The van der Waals surface area contributed by atoms with Gasteiger partial charge in [-0.2, -0.15) is 0 Å². The van der Waals surface area contributed by atoms with Crippen LogP contribution >= 0.6 is 11.6 Å². The van der Waals surface area contributed by atoms with Crippen LogP contribution in [-0.4, -0.2) is 20.6 Å². The van der Waals surface area contributed by atoms with Crippen molar-refractivity contribution in [1.82, 2.24) is 4.72 Å². The molecule has 0 aliphatic carbocycles. The zero-order valence-electron chi connectivity index (χ0n) is 16.5. The van der Waals surface area contributed by atoms with Crippen LogP contribution in [0, 0.1) is 5.82 Å². The minimum atomic E-state index is -3.63. The molecule has 2 N–H and O–H groups in total. The maximum atomic E-state index is 13.3.